The SMILES string of the molecule is CC(CNCc1ccccc1)[C@H]1CCC[C@@H](Oc2cccc(C(F)(F)F)c2)C1.Cc1cccc(O[C@@H]2CCC[C@H](C(C)CN(C)Cc3ccncc3)C2)c1.Cc1cccc(O[C@@H]2CCC[C@H](C(C)CN(CC#N)Cc3ccncc3)C2)c1.Cc1cccc(O[C@@H]2CCC[C@H](C(C)CN(Cc3ccncc3)C(C)C)C2)c1. The summed E-state index contributed by atoms with van der Waals surface area (Å²) in [4.78, 5) is 19.6. The topological polar surface area (TPSA) is 121 Å². The van der Waals surface area contributed by atoms with Crippen LogP contribution in [0.2, 0.25) is 0 Å². The summed E-state index contributed by atoms with van der Waals surface area (Å²) >= 11 is 0. The third-order valence-corrected chi connectivity index (χ3v) is 23.1. The smallest absolute Gasteiger partial charge is 0.416 e. The summed E-state index contributed by atoms with van der Waals surface area (Å²) in [5.74, 6) is 8.40. The molecule has 15 heteroatoms. The van der Waals surface area contributed by atoms with Crippen molar-refractivity contribution in [1.29, 1.82) is 5.26 Å². The summed E-state index contributed by atoms with van der Waals surface area (Å²) < 4.78 is 63.5. The number of halogens is 3. The minimum absolute atomic E-state index is 0.0150. The van der Waals surface area contributed by atoms with Crippen LogP contribution in [-0.4, -0.2) is 99.9 Å². The molecule has 592 valence electrons. The first kappa shape index (κ1) is 85.9. The average Bonchev–Trinajstić information content (AvgIpc) is 0.856. The van der Waals surface area contributed by atoms with Gasteiger partial charge in [0.1, 0.15) is 23.0 Å². The van der Waals surface area contributed by atoms with Crippen molar-refractivity contribution in [2.75, 3.05) is 39.8 Å². The first-order valence-electron chi connectivity index (χ1n) is 41.1. The molecule has 110 heavy (non-hydrogen) atoms. The third-order valence-electron chi connectivity index (χ3n) is 23.1. The number of benzene rings is 5. The highest BCUT2D eigenvalue weighted by atomic mass is 19.4. The zero-order valence-corrected chi connectivity index (χ0v) is 67.6. The fourth-order valence-electron chi connectivity index (χ4n) is 16.8. The fourth-order valence-corrected chi connectivity index (χ4v) is 16.8. The first-order valence-corrected chi connectivity index (χ1v) is 41.1. The van der Waals surface area contributed by atoms with E-state index < -0.39 is 11.7 Å². The predicted octanol–water partition coefficient (Wildman–Crippen LogP) is 22.0. The van der Waals surface area contributed by atoms with Gasteiger partial charge in [0.2, 0.25) is 0 Å². The summed E-state index contributed by atoms with van der Waals surface area (Å²) in [6.07, 6.45) is 26.5. The van der Waals surface area contributed by atoms with Crippen molar-refractivity contribution in [2.45, 2.75) is 228 Å². The molecule has 4 aliphatic rings. The molecule has 8 aromatic rings. The molecule has 4 saturated carbocycles. The lowest BCUT2D eigenvalue weighted by Gasteiger charge is -2.37. The van der Waals surface area contributed by atoms with Gasteiger partial charge in [-0.3, -0.25) is 24.8 Å². The second-order valence-corrected chi connectivity index (χ2v) is 32.8. The lowest BCUT2D eigenvalue weighted by atomic mass is 9.79. The van der Waals surface area contributed by atoms with Gasteiger partial charge < -0.3 is 29.2 Å². The van der Waals surface area contributed by atoms with Crippen LogP contribution in [0, 0.1) is 79.4 Å². The number of aryl methyl sites for hydroxylation is 3. The van der Waals surface area contributed by atoms with E-state index in [9.17, 15) is 18.4 Å². The van der Waals surface area contributed by atoms with E-state index >= 15 is 0 Å². The maximum atomic E-state index is 12.9. The Bertz CT molecular complexity index is 3910. The Hall–Kier alpha value is -8.13. The van der Waals surface area contributed by atoms with Crippen molar-refractivity contribution in [3.8, 4) is 29.1 Å². The van der Waals surface area contributed by atoms with Crippen LogP contribution in [0.15, 0.2) is 201 Å². The van der Waals surface area contributed by atoms with Crippen LogP contribution in [0.1, 0.15) is 189 Å². The zero-order valence-electron chi connectivity index (χ0n) is 67.6. The molecule has 12 atom stereocenters. The molecule has 0 radical (unpaired) electrons. The number of rotatable bonds is 30. The van der Waals surface area contributed by atoms with Gasteiger partial charge in [-0.2, -0.15) is 18.4 Å². The number of aromatic nitrogens is 3. The second-order valence-electron chi connectivity index (χ2n) is 32.8. The maximum absolute atomic E-state index is 12.9. The van der Waals surface area contributed by atoms with Crippen LogP contribution in [0.4, 0.5) is 13.2 Å². The minimum atomic E-state index is -4.34. The number of nitrogens with one attached hydrogen (secondary N) is 1. The third kappa shape index (κ3) is 30.5. The molecule has 3 heterocycles. The van der Waals surface area contributed by atoms with Crippen LogP contribution in [0.3, 0.4) is 0 Å². The summed E-state index contributed by atoms with van der Waals surface area (Å²) in [5.41, 5.74) is 8.27. The van der Waals surface area contributed by atoms with Crippen molar-refractivity contribution in [3.05, 3.63) is 245 Å². The maximum Gasteiger partial charge on any atom is 0.416 e. The van der Waals surface area contributed by atoms with Crippen LogP contribution in [0.25, 0.3) is 0 Å². The number of pyridine rings is 3. The van der Waals surface area contributed by atoms with E-state index in [1.165, 1.54) is 109 Å². The number of hydrogen-bond donors (Lipinski definition) is 1. The normalized spacial score (nSPS) is 21.1. The molecule has 1 N–H and O–H groups in total. The Morgan fingerprint density at radius 2 is 0.818 bits per heavy atom. The largest absolute Gasteiger partial charge is 0.490 e. The molecule has 4 aliphatic carbocycles. The predicted molar refractivity (Wildman–Crippen MR) is 441 cm³/mol. The number of nitrogens with zero attached hydrogens (tertiary/aromatic N) is 7. The van der Waals surface area contributed by atoms with Crippen LogP contribution in [-0.2, 0) is 32.4 Å². The molecule has 4 fully saturated rings. The van der Waals surface area contributed by atoms with E-state index in [1.807, 2.05) is 67.5 Å². The van der Waals surface area contributed by atoms with Crippen LogP contribution >= 0.6 is 0 Å². The second kappa shape index (κ2) is 45.4. The minimum Gasteiger partial charge on any atom is -0.490 e. The average molecular weight is 1500 g/mol. The van der Waals surface area contributed by atoms with E-state index in [0.29, 0.717) is 72.2 Å². The van der Waals surface area contributed by atoms with Crippen LogP contribution < -0.4 is 24.3 Å². The Morgan fingerprint density at radius 3 is 1.23 bits per heavy atom. The zero-order chi connectivity index (χ0) is 78.0. The fraction of sp³-hybridized carbons (Fsp3) is 0.516. The van der Waals surface area contributed by atoms with Gasteiger partial charge >= 0.3 is 6.18 Å². The van der Waals surface area contributed by atoms with Gasteiger partial charge in [-0.15, -0.1) is 0 Å². The highest BCUT2D eigenvalue weighted by Crippen LogP contribution is 2.39. The highest BCUT2D eigenvalue weighted by molar-refractivity contribution is 5.32. The van der Waals surface area contributed by atoms with Gasteiger partial charge in [-0.25, -0.2) is 0 Å². The van der Waals surface area contributed by atoms with Crippen molar-refractivity contribution in [3.63, 3.8) is 0 Å². The molecule has 0 spiro atoms. The molecule has 0 saturated heterocycles. The summed E-state index contributed by atoms with van der Waals surface area (Å²) in [5, 5.41) is 12.8. The molecule has 5 aromatic carbocycles. The van der Waals surface area contributed by atoms with Crippen molar-refractivity contribution in [2.24, 2.45) is 47.3 Å². The lowest BCUT2D eigenvalue weighted by Crippen LogP contribution is -2.38. The van der Waals surface area contributed by atoms with Gasteiger partial charge in [-0.1, -0.05) is 100 Å². The lowest BCUT2D eigenvalue weighted by molar-refractivity contribution is -0.137. The van der Waals surface area contributed by atoms with Gasteiger partial charge in [-0.05, 0) is 328 Å². The van der Waals surface area contributed by atoms with E-state index in [1.54, 1.807) is 6.07 Å². The Kier molecular flexibility index (Phi) is 35.4. The molecular formula is C95H127F3N8O4. The van der Waals surface area contributed by atoms with Crippen molar-refractivity contribution in [1.82, 2.24) is 35.0 Å². The Labute approximate surface area is 658 Å². The van der Waals surface area contributed by atoms with Gasteiger partial charge in [0.25, 0.3) is 0 Å². The summed E-state index contributed by atoms with van der Waals surface area (Å²) in [6, 6.07) is 56.2. The van der Waals surface area contributed by atoms with E-state index in [2.05, 4.69) is 220 Å². The van der Waals surface area contributed by atoms with Crippen LogP contribution in [0.5, 0.6) is 23.0 Å². The first-order chi connectivity index (χ1) is 53.2. The molecular weight excluding hydrogens is 1370 g/mol. The van der Waals surface area contributed by atoms with E-state index in [4.69, 9.17) is 18.9 Å². The standard InChI is InChI=1S/C25H36N2O.C24H31N3O.C23H28F3NO.C23H32N2O/c1-19(2)27(18-22-11-13-26-14-12-22)17-21(4)23-8-6-10-25(16-23)28-24-9-5-7-20(3)15-24;1-19-5-3-7-23(15-19)28-24-8-4-6-22(16-24)20(2)17-27(14-11-25)18-21-9-12-26-13-10-21;1-17(15-27-16-18-7-3-2-4-8-18)19-9-5-11-21(13-19)28-22-12-6-10-20(14-22)23(24,25)26;1-18-6-4-8-22(14-18)26-23-9-5-7-21(15-23)19(2)16-25(3)17-20-10-12-24-13-11-20/h5,7,9,11-15,19,21,23,25H,6,8,10,16-18H2,1-4H3;3,5,7,9-10,12-13,15,20,22,24H,4,6,8,14,16-18H2,1-2H3;2-4,6-8,10,12,14,17,19,21,27H,5,9,11,13,15-16H2,1H3;4,6,8,10-14,19,21,23H,5,7,9,15-17H2,1-3H3/t21?,23-,25+;20?,22-,24+;17?,19-,21+;19?,21-,23+/m0000/s1. The van der Waals surface area contributed by atoms with Gasteiger partial charge in [0.15, 0.2) is 0 Å². The highest BCUT2D eigenvalue weighted by Gasteiger charge is 2.34. The Morgan fingerprint density at radius 1 is 0.436 bits per heavy atom. The molecule has 12 nitrogen and oxygen atoms in total. The van der Waals surface area contributed by atoms with Crippen molar-refractivity contribution >= 4 is 0 Å². The van der Waals surface area contributed by atoms with E-state index in [-0.39, 0.29) is 6.10 Å². The van der Waals surface area contributed by atoms with Gasteiger partial charge in [0.05, 0.1) is 42.6 Å². The number of ether oxygens (including phenoxy) is 4. The number of hydrogen-bond acceptors (Lipinski definition) is 12. The molecule has 0 aliphatic heterocycles. The molecule has 0 amide bonds. The summed E-state index contributed by atoms with van der Waals surface area (Å²) in [6.45, 7) is 28.6. The molecule has 3 aromatic heterocycles. The molecule has 0 bridgehead atoms. The monoisotopic (exact) mass is 1500 g/mol. The quantitative estimate of drug-likeness (QED) is 0.0432. The van der Waals surface area contributed by atoms with Gasteiger partial charge in [0, 0.05) is 89.0 Å². The molecule has 4 unspecified atom stereocenters. The Balaban J connectivity index is 0.000000169. The van der Waals surface area contributed by atoms with E-state index in [0.717, 1.165) is 132 Å². The number of nitriles is 1. The number of alkyl halides is 3. The summed E-state index contributed by atoms with van der Waals surface area (Å²) in [7, 11) is 2.22. The van der Waals surface area contributed by atoms with Crippen molar-refractivity contribution < 1.29 is 32.1 Å². The molecule has 12 rings (SSSR count).